The van der Waals surface area contributed by atoms with Gasteiger partial charge in [0.15, 0.2) is 0 Å². The predicted molar refractivity (Wildman–Crippen MR) is 270 cm³/mol. The molecular formula is C46H69KN12O15SY4. The molecule has 1 unspecified atom stereocenters. The van der Waals surface area contributed by atoms with Gasteiger partial charge in [0, 0.05) is 170 Å². The standard InChI is InChI=1S/C19H26N6O7S.C18H22N6O6.C4H8O.C4H9O.CH4.K.4Y/c1-3-32-19(27)24(17-15(25(28)29)16(20)22-18(23-17)33(2)30)11-13-7-6-8-14(21-13)12-31-10-5-4-9-26;1-2-29-18(25)23-10-12-6-5-7-13(20-12)11-28-8-3-4-9-30-17-21-15(19)14(24(26)27)16(23)22-17;1-2-4-5-3-1;1-4(2,3)5;;;;;;/h6-8,26H,3-5,9-12H2,1-2H3,(H2,20,22,23);5-7H,2-4,8-11H2,1H3,(H2,19,21,22);1-4H2;1-3H3;1H4;;;;;/q;;;-1;;+1;;;;. The van der Waals surface area contributed by atoms with Gasteiger partial charge in [-0.2, -0.15) is 19.9 Å². The van der Waals surface area contributed by atoms with Gasteiger partial charge >= 0.3 is 81.0 Å². The van der Waals surface area contributed by atoms with Crippen LogP contribution < -0.4 is 82.5 Å². The second kappa shape index (κ2) is 46.5. The van der Waals surface area contributed by atoms with Gasteiger partial charge in [0.25, 0.3) is 0 Å². The molecule has 2 amide bonds. The van der Waals surface area contributed by atoms with Crippen LogP contribution in [0.3, 0.4) is 0 Å². The van der Waals surface area contributed by atoms with Crippen molar-refractivity contribution >= 4 is 57.6 Å². The Balaban J connectivity index is -0.000000568. The number of aliphatic hydroxyl groups excluding tert-OH is 1. The van der Waals surface area contributed by atoms with Crippen LogP contribution in [0.2, 0.25) is 0 Å². The maximum absolute atomic E-state index is 12.7. The number of aromatic nitrogens is 6. The second-order valence-corrected chi connectivity index (χ2v) is 17.7. The van der Waals surface area contributed by atoms with Crippen LogP contribution in [-0.2, 0) is 192 Å². The van der Waals surface area contributed by atoms with Gasteiger partial charge in [-0.3, -0.25) is 34.4 Å². The number of hydrogen-bond donors (Lipinski definition) is 3. The van der Waals surface area contributed by atoms with Crippen molar-refractivity contribution < 1.29 is 245 Å². The van der Waals surface area contributed by atoms with Crippen molar-refractivity contribution in [3.8, 4) is 6.01 Å². The van der Waals surface area contributed by atoms with E-state index in [2.05, 4.69) is 29.9 Å². The molecule has 1 atom stereocenters. The number of unbranched alkanes of at least 4 members (excludes halogenated alkanes) is 1. The number of carbonyl (C=O) groups excluding carboxylic acids is 2. The first kappa shape index (κ1) is 84.7. The Bertz CT molecular complexity index is 2450. The zero-order valence-corrected chi connectivity index (χ0v) is 60.5. The SMILES string of the molecule is C.C1CCOC1.CC(C)(C)[O-].CCOC(=O)N(Cc1cccc(COCCCCO)n1)c1nc(S(C)=O)nc(N)c1[N+](=O)[O-].CCOC(=O)N1Cc2cccc(n2)COCCCCOc2nc(N)c([N+](=O)[O-])c1n2.[K+].[Y].[Y].[Y].[Y]. The largest absolute Gasteiger partial charge is 1.00 e. The average molecular weight is 1460 g/mol. The molecule has 2 aliphatic rings. The van der Waals surface area contributed by atoms with Gasteiger partial charge in [0.2, 0.25) is 28.4 Å². The summed E-state index contributed by atoms with van der Waals surface area (Å²) in [4.78, 5) is 73.6. The fourth-order valence-corrected chi connectivity index (χ4v) is 6.46. The molecule has 1 saturated heterocycles. The van der Waals surface area contributed by atoms with Crippen molar-refractivity contribution in [1.82, 2.24) is 29.9 Å². The number of nitro groups is 2. The van der Waals surface area contributed by atoms with Crippen molar-refractivity contribution in [1.29, 1.82) is 0 Å². The van der Waals surface area contributed by atoms with E-state index in [0.29, 0.717) is 61.9 Å². The first-order valence-corrected chi connectivity index (χ1v) is 24.8. The maximum Gasteiger partial charge on any atom is 1.00 e. The maximum atomic E-state index is 12.7. The number of amides is 2. The molecule has 422 valence electrons. The molecule has 1 fully saturated rings. The number of aliphatic hydroxyl groups is 1. The number of anilines is 4. The smallest absolute Gasteiger partial charge is 0.850 e. The third-order valence-corrected chi connectivity index (χ3v) is 9.86. The van der Waals surface area contributed by atoms with Crippen molar-refractivity contribution in [2.45, 2.75) is 118 Å². The Morgan fingerprint density at radius 3 is 1.92 bits per heavy atom. The molecule has 4 bridgehead atoms. The molecule has 0 saturated carbocycles. The molecule has 4 aromatic rings. The summed E-state index contributed by atoms with van der Waals surface area (Å²) in [5, 5.41) is 42.0. The quantitative estimate of drug-likeness (QED) is 0.0536. The van der Waals surface area contributed by atoms with Crippen LogP contribution in [0, 0.1) is 20.2 Å². The summed E-state index contributed by atoms with van der Waals surface area (Å²) in [7, 11) is -1.71. The van der Waals surface area contributed by atoms with E-state index in [4.69, 9.17) is 45.0 Å². The fourth-order valence-electron chi connectivity index (χ4n) is 6.02. The number of nitrogens with zero attached hydrogens (tertiary/aromatic N) is 10. The molecule has 4 aromatic heterocycles. The number of hydrogen-bond acceptors (Lipinski definition) is 23. The van der Waals surface area contributed by atoms with Crippen molar-refractivity contribution in [2.24, 2.45) is 0 Å². The van der Waals surface area contributed by atoms with Crippen LogP contribution in [0.15, 0.2) is 41.6 Å². The number of carbonyl (C=O) groups is 2. The first-order valence-electron chi connectivity index (χ1n) is 23.2. The molecular weight excluding hydrogens is 1390 g/mol. The average Bonchev–Trinajstić information content (AvgIpc) is 3.92. The Morgan fingerprint density at radius 2 is 1.35 bits per heavy atom. The van der Waals surface area contributed by atoms with Gasteiger partial charge in [-0.05, 0) is 76.6 Å². The van der Waals surface area contributed by atoms with Gasteiger partial charge in [0.1, 0.15) is 0 Å². The zero-order valence-electron chi connectivity index (χ0n) is 45.2. The Morgan fingerprint density at radius 1 is 0.797 bits per heavy atom. The molecule has 4 radical (unpaired) electrons. The molecule has 79 heavy (non-hydrogen) atoms. The minimum atomic E-state index is -1.71. The third-order valence-electron chi connectivity index (χ3n) is 9.16. The summed E-state index contributed by atoms with van der Waals surface area (Å²) in [6.07, 6.45) is 4.79. The Kier molecular flexibility index (Phi) is 49.8. The van der Waals surface area contributed by atoms with Gasteiger partial charge in [-0.25, -0.2) is 19.4 Å². The molecule has 0 aliphatic carbocycles. The molecule has 6 heterocycles. The van der Waals surface area contributed by atoms with Crippen LogP contribution in [0.5, 0.6) is 6.01 Å². The van der Waals surface area contributed by atoms with E-state index in [9.17, 15) is 39.1 Å². The monoisotopic (exact) mass is 1460 g/mol. The number of rotatable bonds is 14. The van der Waals surface area contributed by atoms with Crippen molar-refractivity contribution in [3.05, 3.63) is 79.4 Å². The number of fused-ring (bicyclic) bond motifs is 4. The number of nitrogen functional groups attached to an aromatic ring is 2. The molecule has 5 N–H and O–H groups in total. The van der Waals surface area contributed by atoms with Crippen molar-refractivity contribution in [3.63, 3.8) is 0 Å². The summed E-state index contributed by atoms with van der Waals surface area (Å²) in [5.74, 6) is -1.70. The molecule has 0 aromatic carbocycles. The molecule has 27 nitrogen and oxygen atoms in total. The Labute approximate surface area is 606 Å². The predicted octanol–water partition coefficient (Wildman–Crippen LogP) is 2.34. The van der Waals surface area contributed by atoms with E-state index < -0.39 is 67.3 Å². The fraction of sp³-hybridized carbons (Fsp3) is 0.565. The van der Waals surface area contributed by atoms with Crippen LogP contribution >= 0.6 is 0 Å². The molecule has 6 rings (SSSR count). The van der Waals surface area contributed by atoms with Crippen LogP contribution in [-0.4, -0.2) is 126 Å². The molecule has 0 spiro atoms. The van der Waals surface area contributed by atoms with E-state index in [0.717, 1.165) is 29.4 Å². The minimum Gasteiger partial charge on any atom is -0.850 e. The van der Waals surface area contributed by atoms with E-state index >= 15 is 0 Å². The normalized spacial score (nSPS) is 12.8. The Hall–Kier alpha value is -0.798. The van der Waals surface area contributed by atoms with Crippen LogP contribution in [0.1, 0.15) is 103 Å². The van der Waals surface area contributed by atoms with Crippen LogP contribution in [0.25, 0.3) is 0 Å². The minimum absolute atomic E-state index is 0. The van der Waals surface area contributed by atoms with E-state index in [1.807, 2.05) is 0 Å². The second-order valence-electron chi connectivity index (χ2n) is 16.4. The van der Waals surface area contributed by atoms with Crippen LogP contribution in [0.4, 0.5) is 44.2 Å². The summed E-state index contributed by atoms with van der Waals surface area (Å²) in [6.45, 7) is 11.6. The topological polar surface area (TPSA) is 372 Å². The van der Waals surface area contributed by atoms with E-state index in [1.54, 1.807) is 71.0 Å². The van der Waals surface area contributed by atoms with E-state index in [1.165, 1.54) is 19.1 Å². The van der Waals surface area contributed by atoms with Gasteiger partial charge in [-0.1, -0.05) is 40.3 Å². The number of ether oxygens (including phenoxy) is 6. The van der Waals surface area contributed by atoms with Gasteiger partial charge in [0.05, 0.1) is 89.5 Å². The molecule has 33 heteroatoms. The van der Waals surface area contributed by atoms with E-state index in [-0.39, 0.29) is 253 Å². The summed E-state index contributed by atoms with van der Waals surface area (Å²) in [6, 6.07) is 10.1. The zero-order chi connectivity index (χ0) is 53.9. The molecule has 2 aliphatic heterocycles. The number of pyridine rings is 2. The van der Waals surface area contributed by atoms with Crippen molar-refractivity contribution in [2.75, 3.05) is 80.4 Å². The summed E-state index contributed by atoms with van der Waals surface area (Å²) in [5.41, 5.74) is 11.6. The summed E-state index contributed by atoms with van der Waals surface area (Å²) < 4.78 is 43.6. The van der Waals surface area contributed by atoms with Gasteiger partial charge < -0.3 is 50.1 Å². The summed E-state index contributed by atoms with van der Waals surface area (Å²) >= 11 is 0. The number of nitrogens with two attached hydrogens (primary N) is 2. The third kappa shape index (κ3) is 32.9. The first-order chi connectivity index (χ1) is 34.8. The van der Waals surface area contributed by atoms with Gasteiger partial charge in [-0.15, -0.1) is 5.60 Å².